The van der Waals surface area contributed by atoms with Gasteiger partial charge in [-0.3, -0.25) is 0 Å². The Morgan fingerprint density at radius 3 is 2.12 bits per heavy atom. The number of hydrogen-bond donors (Lipinski definition) is 3. The second kappa shape index (κ2) is 8.40. The van der Waals surface area contributed by atoms with E-state index in [0.29, 0.717) is 12.0 Å². The highest BCUT2D eigenvalue weighted by Gasteiger charge is 2.20. The Kier molecular flexibility index (Phi) is 5.12. The number of H-pyrrole nitrogens is 2. The van der Waals surface area contributed by atoms with Crippen molar-refractivity contribution in [2.45, 2.75) is 50.5 Å². The van der Waals surface area contributed by atoms with Gasteiger partial charge in [0.1, 0.15) is 11.6 Å². The molecule has 5 heteroatoms. The van der Waals surface area contributed by atoms with E-state index in [0.717, 1.165) is 41.6 Å². The predicted molar refractivity (Wildman–Crippen MR) is 128 cm³/mol. The first kappa shape index (κ1) is 19.5. The fourth-order valence-electron chi connectivity index (χ4n) is 5.18. The molecule has 32 heavy (non-hydrogen) atoms. The van der Waals surface area contributed by atoms with E-state index in [1.807, 2.05) is 12.4 Å². The number of hydrogen-bond acceptors (Lipinski definition) is 3. The molecule has 0 radical (unpaired) electrons. The largest absolute Gasteiger partial charge is 0.342 e. The van der Waals surface area contributed by atoms with Crippen LogP contribution < -0.4 is 5.32 Å². The van der Waals surface area contributed by atoms with Gasteiger partial charge in [0.15, 0.2) is 0 Å². The lowest BCUT2D eigenvalue weighted by molar-refractivity contribution is 0.613. The number of imidazole rings is 2. The average molecular weight is 424 g/mol. The number of benzene rings is 2. The molecule has 162 valence electrons. The zero-order chi connectivity index (χ0) is 21.3. The number of nitrogens with zero attached hydrogens (tertiary/aromatic N) is 2. The molecule has 3 N–H and O–H groups in total. The normalized spacial score (nSPS) is 19.1. The van der Waals surface area contributed by atoms with E-state index in [4.69, 9.17) is 0 Å². The summed E-state index contributed by atoms with van der Waals surface area (Å²) in [5.74, 6) is 2.80. The molecule has 2 aromatic carbocycles. The van der Waals surface area contributed by atoms with Crippen LogP contribution in [0.1, 0.15) is 62.1 Å². The minimum Gasteiger partial charge on any atom is -0.342 e. The van der Waals surface area contributed by atoms with Crippen LogP contribution in [0.5, 0.6) is 0 Å². The lowest BCUT2D eigenvalue weighted by Gasteiger charge is -2.07. The summed E-state index contributed by atoms with van der Waals surface area (Å²) in [4.78, 5) is 16.4. The van der Waals surface area contributed by atoms with Crippen molar-refractivity contribution in [3.8, 4) is 33.6 Å². The molecule has 1 saturated carbocycles. The molecule has 2 aliphatic rings. The van der Waals surface area contributed by atoms with E-state index in [9.17, 15) is 0 Å². The van der Waals surface area contributed by atoms with Crippen molar-refractivity contribution in [2.24, 2.45) is 0 Å². The molecule has 4 aromatic rings. The van der Waals surface area contributed by atoms with Gasteiger partial charge < -0.3 is 15.3 Å². The van der Waals surface area contributed by atoms with Crippen LogP contribution in [-0.4, -0.2) is 26.5 Å². The highest BCUT2D eigenvalue weighted by molar-refractivity contribution is 5.73. The van der Waals surface area contributed by atoms with Crippen molar-refractivity contribution in [3.63, 3.8) is 0 Å². The van der Waals surface area contributed by atoms with Gasteiger partial charge in [-0.05, 0) is 55.0 Å². The van der Waals surface area contributed by atoms with Crippen molar-refractivity contribution < 1.29 is 0 Å². The second-order valence-electron chi connectivity index (χ2n) is 9.15. The Balaban J connectivity index is 1.22. The molecule has 3 heterocycles. The summed E-state index contributed by atoms with van der Waals surface area (Å²) < 4.78 is 0. The maximum Gasteiger partial charge on any atom is 0.123 e. The van der Waals surface area contributed by atoms with E-state index >= 15 is 0 Å². The molecule has 6 rings (SSSR count). The third-order valence-corrected chi connectivity index (χ3v) is 7.03. The average Bonchev–Trinajstić information content (AvgIpc) is 3.66. The first-order valence-electron chi connectivity index (χ1n) is 11.9. The summed E-state index contributed by atoms with van der Waals surface area (Å²) >= 11 is 0. The Morgan fingerprint density at radius 1 is 0.656 bits per heavy atom. The number of aromatic nitrogens is 4. The maximum absolute atomic E-state index is 4.68. The van der Waals surface area contributed by atoms with Crippen LogP contribution in [0.3, 0.4) is 0 Å². The first-order valence-corrected chi connectivity index (χ1v) is 11.9. The van der Waals surface area contributed by atoms with Crippen LogP contribution in [0, 0.1) is 0 Å². The third-order valence-electron chi connectivity index (χ3n) is 7.03. The number of aromatic amines is 2. The van der Waals surface area contributed by atoms with Crippen LogP contribution in [0.2, 0.25) is 0 Å². The Hall–Kier alpha value is -3.18. The summed E-state index contributed by atoms with van der Waals surface area (Å²) in [7, 11) is 0. The van der Waals surface area contributed by atoms with E-state index in [1.54, 1.807) is 0 Å². The zero-order valence-electron chi connectivity index (χ0n) is 18.3. The monoisotopic (exact) mass is 423 g/mol. The summed E-state index contributed by atoms with van der Waals surface area (Å²) in [5.41, 5.74) is 6.96. The fourth-order valence-corrected chi connectivity index (χ4v) is 5.18. The van der Waals surface area contributed by atoms with E-state index in [1.165, 1.54) is 48.8 Å². The summed E-state index contributed by atoms with van der Waals surface area (Å²) in [5, 5.41) is 3.50. The minimum absolute atomic E-state index is 0.363. The van der Waals surface area contributed by atoms with Gasteiger partial charge in [0, 0.05) is 11.5 Å². The Morgan fingerprint density at radius 2 is 1.34 bits per heavy atom. The lowest BCUT2D eigenvalue weighted by atomic mass is 10.0. The van der Waals surface area contributed by atoms with Gasteiger partial charge in [-0.2, -0.15) is 0 Å². The SMILES string of the molecule is c1cc(-c2ccc(-c3cnc([C@@H]4CCCN4)[nH]3)cc2)cc(-c2cnc(C3CCCC3)[nH]2)c1. The van der Waals surface area contributed by atoms with Crippen molar-refractivity contribution in [1.29, 1.82) is 0 Å². The van der Waals surface area contributed by atoms with Gasteiger partial charge in [0.25, 0.3) is 0 Å². The molecule has 0 spiro atoms. The fraction of sp³-hybridized carbons (Fsp3) is 0.333. The second-order valence-corrected chi connectivity index (χ2v) is 9.15. The van der Waals surface area contributed by atoms with Gasteiger partial charge in [-0.25, -0.2) is 9.97 Å². The first-order chi connectivity index (χ1) is 15.8. The molecule has 1 aliphatic carbocycles. The molecule has 1 atom stereocenters. The highest BCUT2D eigenvalue weighted by atomic mass is 15.0. The molecule has 2 fully saturated rings. The Labute approximate surface area is 188 Å². The van der Waals surface area contributed by atoms with E-state index in [2.05, 4.69) is 73.8 Å². The smallest absolute Gasteiger partial charge is 0.123 e. The van der Waals surface area contributed by atoms with Crippen LogP contribution in [0.25, 0.3) is 33.6 Å². The molecule has 0 unspecified atom stereocenters. The number of rotatable bonds is 5. The van der Waals surface area contributed by atoms with E-state index < -0.39 is 0 Å². The molecule has 0 amide bonds. The van der Waals surface area contributed by atoms with Crippen molar-refractivity contribution in [2.75, 3.05) is 6.54 Å². The van der Waals surface area contributed by atoms with Crippen LogP contribution in [0.4, 0.5) is 0 Å². The van der Waals surface area contributed by atoms with Gasteiger partial charge in [0.05, 0.1) is 29.8 Å². The molecule has 1 saturated heterocycles. The standard InChI is InChI=1S/C27H29N5/c1-2-6-20(5-1)26-29-17-25(31-26)22-8-3-7-21(15-22)18-10-12-19(13-11-18)24-16-30-27(32-24)23-9-4-14-28-23/h3,7-8,10-13,15-17,20,23,28H,1-2,4-6,9,14H2,(H,29,31)(H,30,32)/t23-/m0/s1. The van der Waals surface area contributed by atoms with Crippen LogP contribution in [0.15, 0.2) is 60.9 Å². The lowest BCUT2D eigenvalue weighted by Crippen LogP contribution is -2.14. The zero-order valence-corrected chi connectivity index (χ0v) is 18.3. The number of nitrogens with one attached hydrogen (secondary N) is 3. The van der Waals surface area contributed by atoms with Crippen LogP contribution in [-0.2, 0) is 0 Å². The topological polar surface area (TPSA) is 69.4 Å². The highest BCUT2D eigenvalue weighted by Crippen LogP contribution is 2.34. The van der Waals surface area contributed by atoms with Crippen molar-refractivity contribution >= 4 is 0 Å². The quantitative estimate of drug-likeness (QED) is 0.357. The molecule has 5 nitrogen and oxygen atoms in total. The molecule has 1 aliphatic heterocycles. The maximum atomic E-state index is 4.68. The minimum atomic E-state index is 0.363. The van der Waals surface area contributed by atoms with Crippen molar-refractivity contribution in [1.82, 2.24) is 25.3 Å². The van der Waals surface area contributed by atoms with Gasteiger partial charge in [0.2, 0.25) is 0 Å². The third kappa shape index (κ3) is 3.78. The van der Waals surface area contributed by atoms with Gasteiger partial charge >= 0.3 is 0 Å². The molecular formula is C27H29N5. The van der Waals surface area contributed by atoms with Gasteiger partial charge in [-0.1, -0.05) is 55.3 Å². The predicted octanol–water partition coefficient (Wildman–Crippen LogP) is 6.22. The Bertz CT molecular complexity index is 1190. The van der Waals surface area contributed by atoms with Gasteiger partial charge in [-0.15, -0.1) is 0 Å². The van der Waals surface area contributed by atoms with E-state index in [-0.39, 0.29) is 0 Å². The molecular weight excluding hydrogens is 394 g/mol. The van der Waals surface area contributed by atoms with Crippen molar-refractivity contribution in [3.05, 3.63) is 72.6 Å². The summed E-state index contributed by atoms with van der Waals surface area (Å²) in [6.07, 6.45) is 11.5. The van der Waals surface area contributed by atoms with Crippen LogP contribution >= 0.6 is 0 Å². The molecule has 2 aromatic heterocycles. The summed E-state index contributed by atoms with van der Waals surface area (Å²) in [6, 6.07) is 17.8. The summed E-state index contributed by atoms with van der Waals surface area (Å²) in [6.45, 7) is 1.08. The molecule has 0 bridgehead atoms.